The summed E-state index contributed by atoms with van der Waals surface area (Å²) in [5.41, 5.74) is 0. The van der Waals surface area contributed by atoms with Gasteiger partial charge in [0.2, 0.25) is 5.95 Å². The van der Waals surface area contributed by atoms with Crippen LogP contribution in [0.5, 0.6) is 0 Å². The van der Waals surface area contributed by atoms with Gasteiger partial charge in [0.05, 0.1) is 0 Å². The van der Waals surface area contributed by atoms with Crippen LogP contribution < -0.4 is 10.6 Å². The standard InChI is InChI=1S/C11H19N5O2/c1-16-10(12-7-13-16)15-11(18)14-9-5-3-2-4-8(9)6-17/h7-9,17H,2-6H2,1H3,(H2,12,13,14,15,18). The highest BCUT2D eigenvalue weighted by molar-refractivity contribution is 5.87. The fourth-order valence-corrected chi connectivity index (χ4v) is 2.33. The Labute approximate surface area is 106 Å². The normalized spacial score (nSPS) is 23.7. The minimum atomic E-state index is -0.295. The zero-order valence-corrected chi connectivity index (χ0v) is 10.5. The molecule has 1 aromatic rings. The molecular formula is C11H19N5O2. The Balaban J connectivity index is 1.88. The van der Waals surface area contributed by atoms with E-state index in [-0.39, 0.29) is 24.6 Å². The third kappa shape index (κ3) is 2.98. The van der Waals surface area contributed by atoms with Gasteiger partial charge in [-0.3, -0.25) is 5.32 Å². The molecule has 0 radical (unpaired) electrons. The molecule has 2 rings (SSSR count). The lowest BCUT2D eigenvalue weighted by molar-refractivity contribution is 0.156. The second kappa shape index (κ2) is 5.81. The number of carbonyl (C=O) groups is 1. The van der Waals surface area contributed by atoms with Gasteiger partial charge in [0.25, 0.3) is 0 Å². The first-order valence-electron chi connectivity index (χ1n) is 6.23. The summed E-state index contributed by atoms with van der Waals surface area (Å²) >= 11 is 0. The molecule has 7 nitrogen and oxygen atoms in total. The van der Waals surface area contributed by atoms with Gasteiger partial charge in [-0.25, -0.2) is 9.48 Å². The van der Waals surface area contributed by atoms with E-state index in [0.717, 1.165) is 25.7 Å². The van der Waals surface area contributed by atoms with Crippen LogP contribution in [0.1, 0.15) is 25.7 Å². The fraction of sp³-hybridized carbons (Fsp3) is 0.727. The van der Waals surface area contributed by atoms with Gasteiger partial charge in [0, 0.05) is 25.6 Å². The molecule has 2 unspecified atom stereocenters. The molecule has 100 valence electrons. The number of carbonyl (C=O) groups excluding carboxylic acids is 1. The number of nitrogens with one attached hydrogen (secondary N) is 2. The molecule has 0 aromatic carbocycles. The summed E-state index contributed by atoms with van der Waals surface area (Å²) in [7, 11) is 1.71. The minimum absolute atomic E-state index is 0.0389. The van der Waals surface area contributed by atoms with Gasteiger partial charge < -0.3 is 10.4 Å². The minimum Gasteiger partial charge on any atom is -0.396 e. The van der Waals surface area contributed by atoms with Crippen LogP contribution in [0, 0.1) is 5.92 Å². The molecule has 1 fully saturated rings. The first-order chi connectivity index (χ1) is 8.70. The lowest BCUT2D eigenvalue weighted by Crippen LogP contribution is -2.45. The third-order valence-electron chi connectivity index (χ3n) is 3.40. The summed E-state index contributed by atoms with van der Waals surface area (Å²) in [6.45, 7) is 0.120. The molecule has 1 saturated carbocycles. The Bertz CT molecular complexity index is 406. The van der Waals surface area contributed by atoms with Gasteiger partial charge in [-0.1, -0.05) is 12.8 Å². The zero-order valence-electron chi connectivity index (χ0n) is 10.5. The van der Waals surface area contributed by atoms with E-state index in [9.17, 15) is 9.90 Å². The second-order valence-electron chi connectivity index (χ2n) is 4.64. The van der Waals surface area contributed by atoms with Crippen molar-refractivity contribution in [3.05, 3.63) is 6.33 Å². The Hall–Kier alpha value is -1.63. The van der Waals surface area contributed by atoms with E-state index in [1.165, 1.54) is 11.0 Å². The van der Waals surface area contributed by atoms with E-state index in [1.54, 1.807) is 7.05 Å². The molecule has 7 heteroatoms. The van der Waals surface area contributed by atoms with Crippen molar-refractivity contribution >= 4 is 12.0 Å². The predicted molar refractivity (Wildman–Crippen MR) is 66.0 cm³/mol. The molecule has 3 N–H and O–H groups in total. The highest BCUT2D eigenvalue weighted by Gasteiger charge is 2.26. The Morgan fingerprint density at radius 2 is 2.33 bits per heavy atom. The second-order valence-corrected chi connectivity index (χ2v) is 4.64. The van der Waals surface area contributed by atoms with Gasteiger partial charge in [0.1, 0.15) is 6.33 Å². The van der Waals surface area contributed by atoms with Gasteiger partial charge in [-0.15, -0.1) is 0 Å². The van der Waals surface area contributed by atoms with E-state index in [4.69, 9.17) is 0 Å². The molecule has 1 aliphatic carbocycles. The maximum Gasteiger partial charge on any atom is 0.321 e. The first-order valence-corrected chi connectivity index (χ1v) is 6.23. The molecule has 0 spiro atoms. The summed E-state index contributed by atoms with van der Waals surface area (Å²) < 4.78 is 1.49. The summed E-state index contributed by atoms with van der Waals surface area (Å²) in [4.78, 5) is 15.7. The number of aliphatic hydroxyl groups is 1. The van der Waals surface area contributed by atoms with Crippen LogP contribution in [0.15, 0.2) is 6.33 Å². The number of aryl methyl sites for hydroxylation is 1. The van der Waals surface area contributed by atoms with Crippen molar-refractivity contribution < 1.29 is 9.90 Å². The molecule has 0 bridgehead atoms. The first kappa shape index (κ1) is 12.8. The quantitative estimate of drug-likeness (QED) is 0.731. The lowest BCUT2D eigenvalue weighted by Gasteiger charge is -2.30. The Kier molecular flexibility index (Phi) is 4.14. The lowest BCUT2D eigenvalue weighted by atomic mass is 9.85. The summed E-state index contributed by atoms with van der Waals surface area (Å²) in [6, 6.07) is -0.256. The molecule has 1 heterocycles. The molecule has 2 atom stereocenters. The summed E-state index contributed by atoms with van der Waals surface area (Å²) in [5, 5.41) is 18.7. The SMILES string of the molecule is Cn1ncnc1NC(=O)NC1CCCCC1CO. The molecular weight excluding hydrogens is 234 g/mol. The maximum absolute atomic E-state index is 11.8. The van der Waals surface area contributed by atoms with E-state index in [1.807, 2.05) is 0 Å². The van der Waals surface area contributed by atoms with Crippen molar-refractivity contribution in [2.24, 2.45) is 13.0 Å². The van der Waals surface area contributed by atoms with E-state index in [2.05, 4.69) is 20.7 Å². The molecule has 2 amide bonds. The number of hydrogen-bond acceptors (Lipinski definition) is 4. The number of nitrogens with zero attached hydrogens (tertiary/aromatic N) is 3. The highest BCUT2D eigenvalue weighted by Crippen LogP contribution is 2.23. The number of aromatic nitrogens is 3. The van der Waals surface area contributed by atoms with Crippen molar-refractivity contribution in [3.63, 3.8) is 0 Å². The average molecular weight is 253 g/mol. The van der Waals surface area contributed by atoms with Crippen LogP contribution in [0.25, 0.3) is 0 Å². The van der Waals surface area contributed by atoms with E-state index in [0.29, 0.717) is 5.95 Å². The number of rotatable bonds is 3. The number of amides is 2. The van der Waals surface area contributed by atoms with Gasteiger partial charge >= 0.3 is 6.03 Å². The van der Waals surface area contributed by atoms with Crippen LogP contribution in [0.2, 0.25) is 0 Å². The monoisotopic (exact) mass is 253 g/mol. The maximum atomic E-state index is 11.8. The highest BCUT2D eigenvalue weighted by atomic mass is 16.3. The summed E-state index contributed by atoms with van der Waals surface area (Å²) in [5.74, 6) is 0.563. The van der Waals surface area contributed by atoms with Crippen LogP contribution in [-0.2, 0) is 7.05 Å². The summed E-state index contributed by atoms with van der Waals surface area (Å²) in [6.07, 6.45) is 5.47. The van der Waals surface area contributed by atoms with Crippen LogP contribution in [0.3, 0.4) is 0 Å². The largest absolute Gasteiger partial charge is 0.396 e. The van der Waals surface area contributed by atoms with Crippen molar-refractivity contribution in [2.75, 3.05) is 11.9 Å². The van der Waals surface area contributed by atoms with E-state index >= 15 is 0 Å². The van der Waals surface area contributed by atoms with Gasteiger partial charge in [-0.2, -0.15) is 10.1 Å². The predicted octanol–water partition coefficient (Wildman–Crippen LogP) is 0.488. The van der Waals surface area contributed by atoms with E-state index < -0.39 is 0 Å². The van der Waals surface area contributed by atoms with Crippen molar-refractivity contribution in [1.29, 1.82) is 0 Å². The van der Waals surface area contributed by atoms with Crippen molar-refractivity contribution in [2.45, 2.75) is 31.7 Å². The number of anilines is 1. The Morgan fingerprint density at radius 1 is 1.56 bits per heavy atom. The number of aliphatic hydroxyl groups excluding tert-OH is 1. The van der Waals surface area contributed by atoms with Gasteiger partial charge in [0.15, 0.2) is 0 Å². The molecule has 1 aliphatic rings. The fourth-order valence-electron chi connectivity index (χ4n) is 2.33. The molecule has 18 heavy (non-hydrogen) atoms. The molecule has 0 saturated heterocycles. The van der Waals surface area contributed by atoms with Crippen LogP contribution >= 0.6 is 0 Å². The molecule has 1 aromatic heterocycles. The topological polar surface area (TPSA) is 92.1 Å². The Morgan fingerprint density at radius 3 is 3.00 bits per heavy atom. The zero-order chi connectivity index (χ0) is 13.0. The van der Waals surface area contributed by atoms with Crippen LogP contribution in [-0.4, -0.2) is 38.6 Å². The van der Waals surface area contributed by atoms with Gasteiger partial charge in [-0.05, 0) is 12.8 Å². The average Bonchev–Trinajstić information content (AvgIpc) is 2.75. The molecule has 0 aliphatic heterocycles. The number of hydrogen-bond donors (Lipinski definition) is 3. The third-order valence-corrected chi connectivity index (χ3v) is 3.40. The van der Waals surface area contributed by atoms with Crippen molar-refractivity contribution in [3.8, 4) is 0 Å². The smallest absolute Gasteiger partial charge is 0.321 e. The number of urea groups is 1. The van der Waals surface area contributed by atoms with Crippen LogP contribution in [0.4, 0.5) is 10.7 Å². The van der Waals surface area contributed by atoms with Crippen molar-refractivity contribution in [1.82, 2.24) is 20.1 Å².